The van der Waals surface area contributed by atoms with Gasteiger partial charge in [0.25, 0.3) is 0 Å². The van der Waals surface area contributed by atoms with Crippen LogP contribution in [0.2, 0.25) is 0 Å². The number of carbonyl (C=O) groups is 1. The van der Waals surface area contributed by atoms with E-state index in [0.717, 1.165) is 22.8 Å². The minimum atomic E-state index is -0.219. The van der Waals surface area contributed by atoms with Gasteiger partial charge in [-0.05, 0) is 43.2 Å². The van der Waals surface area contributed by atoms with E-state index in [1.54, 1.807) is 0 Å². The zero-order valence-electron chi connectivity index (χ0n) is 17.3. The van der Waals surface area contributed by atoms with Crippen LogP contribution in [0.1, 0.15) is 39.2 Å². The predicted molar refractivity (Wildman–Crippen MR) is 111 cm³/mol. The number of rotatable bonds is 10. The van der Waals surface area contributed by atoms with Crippen LogP contribution >= 0.6 is 0 Å². The first-order valence-corrected chi connectivity index (χ1v) is 10.0. The summed E-state index contributed by atoms with van der Waals surface area (Å²) in [6.45, 7) is 7.97. The molecule has 6 heteroatoms. The van der Waals surface area contributed by atoms with Gasteiger partial charge in [-0.15, -0.1) is 0 Å². The number of benzene rings is 2. The van der Waals surface area contributed by atoms with Crippen molar-refractivity contribution in [2.45, 2.75) is 39.0 Å². The lowest BCUT2D eigenvalue weighted by molar-refractivity contribution is -0.121. The third-order valence-corrected chi connectivity index (χ3v) is 4.84. The topological polar surface area (TPSA) is 66.0 Å². The van der Waals surface area contributed by atoms with Crippen molar-refractivity contribution in [1.29, 1.82) is 0 Å². The van der Waals surface area contributed by atoms with Gasteiger partial charge in [0, 0.05) is 18.4 Å². The molecule has 0 aliphatic carbocycles. The molecule has 0 atom stereocenters. The van der Waals surface area contributed by atoms with Gasteiger partial charge >= 0.3 is 0 Å². The van der Waals surface area contributed by atoms with Crippen LogP contribution in [-0.4, -0.2) is 32.5 Å². The predicted octanol–water partition coefficient (Wildman–Crippen LogP) is 4.07. The highest BCUT2D eigenvalue weighted by Crippen LogP contribution is 2.36. The fourth-order valence-electron chi connectivity index (χ4n) is 3.09. The Labute approximate surface area is 172 Å². The zero-order chi connectivity index (χ0) is 20.7. The van der Waals surface area contributed by atoms with E-state index in [1.165, 1.54) is 0 Å². The van der Waals surface area contributed by atoms with Gasteiger partial charge in [0.05, 0.1) is 13.2 Å². The average molecular weight is 399 g/mol. The summed E-state index contributed by atoms with van der Waals surface area (Å²) in [6, 6.07) is 13.5. The van der Waals surface area contributed by atoms with Crippen molar-refractivity contribution < 1.29 is 23.7 Å². The molecule has 156 valence electrons. The van der Waals surface area contributed by atoms with E-state index in [9.17, 15) is 4.79 Å². The summed E-state index contributed by atoms with van der Waals surface area (Å²) in [5.41, 5.74) is 0.877. The molecule has 0 unspecified atom stereocenters. The van der Waals surface area contributed by atoms with E-state index in [0.29, 0.717) is 38.3 Å². The Morgan fingerprint density at radius 2 is 1.79 bits per heavy atom. The summed E-state index contributed by atoms with van der Waals surface area (Å²) >= 11 is 0. The highest BCUT2D eigenvalue weighted by atomic mass is 16.7. The number of fused-ring (bicyclic) bond motifs is 1. The number of carbonyl (C=O) groups excluding carboxylic acids is 1. The lowest BCUT2D eigenvalue weighted by Crippen LogP contribution is -2.36. The minimum absolute atomic E-state index is 0.0144. The maximum absolute atomic E-state index is 12.3. The van der Waals surface area contributed by atoms with Gasteiger partial charge in [0.15, 0.2) is 23.0 Å². The molecule has 0 spiro atoms. The van der Waals surface area contributed by atoms with Crippen molar-refractivity contribution in [2.75, 3.05) is 26.6 Å². The first-order valence-electron chi connectivity index (χ1n) is 10.0. The van der Waals surface area contributed by atoms with Gasteiger partial charge in [-0.3, -0.25) is 4.79 Å². The number of nitrogens with one attached hydrogen (secondary N) is 1. The lowest BCUT2D eigenvalue weighted by atomic mass is 9.84. The summed E-state index contributed by atoms with van der Waals surface area (Å²) in [6.07, 6.45) is 1.05. The number of ether oxygens (including phenoxy) is 4. The van der Waals surface area contributed by atoms with Crippen molar-refractivity contribution >= 4 is 5.91 Å². The number of para-hydroxylation sites is 2. The van der Waals surface area contributed by atoms with E-state index in [1.807, 2.05) is 49.4 Å². The first kappa shape index (κ1) is 20.8. The minimum Gasteiger partial charge on any atom is -0.490 e. The number of amides is 1. The van der Waals surface area contributed by atoms with Crippen molar-refractivity contribution in [2.24, 2.45) is 0 Å². The molecule has 2 aromatic carbocycles. The van der Waals surface area contributed by atoms with E-state index in [2.05, 4.69) is 19.2 Å². The molecule has 0 fully saturated rings. The smallest absolute Gasteiger partial charge is 0.231 e. The zero-order valence-corrected chi connectivity index (χ0v) is 17.3. The summed E-state index contributed by atoms with van der Waals surface area (Å²) in [5.74, 6) is 2.97. The number of hydrogen-bond acceptors (Lipinski definition) is 5. The van der Waals surface area contributed by atoms with Crippen LogP contribution in [0.5, 0.6) is 23.0 Å². The Morgan fingerprint density at radius 1 is 1.07 bits per heavy atom. The second-order valence-electron chi connectivity index (χ2n) is 7.56. The first-order chi connectivity index (χ1) is 14.0. The van der Waals surface area contributed by atoms with Crippen LogP contribution in [-0.2, 0) is 10.2 Å². The summed E-state index contributed by atoms with van der Waals surface area (Å²) in [4.78, 5) is 12.3. The van der Waals surface area contributed by atoms with Crippen molar-refractivity contribution in [1.82, 2.24) is 5.32 Å². The molecule has 1 aliphatic rings. The van der Waals surface area contributed by atoms with Gasteiger partial charge in [-0.25, -0.2) is 0 Å². The molecule has 2 aromatic rings. The Hall–Kier alpha value is -2.89. The van der Waals surface area contributed by atoms with Gasteiger partial charge in [-0.2, -0.15) is 0 Å². The van der Waals surface area contributed by atoms with E-state index in [4.69, 9.17) is 18.9 Å². The van der Waals surface area contributed by atoms with Crippen LogP contribution in [0.4, 0.5) is 0 Å². The second kappa shape index (κ2) is 9.54. The third kappa shape index (κ3) is 5.56. The summed E-state index contributed by atoms with van der Waals surface area (Å²) in [5, 5.41) is 3.03. The molecule has 0 bridgehead atoms. The Kier molecular flexibility index (Phi) is 6.86. The molecular weight excluding hydrogens is 370 g/mol. The molecule has 0 aromatic heterocycles. The summed E-state index contributed by atoms with van der Waals surface area (Å²) < 4.78 is 22.1. The van der Waals surface area contributed by atoms with Crippen LogP contribution < -0.4 is 24.3 Å². The molecule has 0 saturated heterocycles. The molecule has 1 aliphatic heterocycles. The Balaban J connectivity index is 1.42. The van der Waals surface area contributed by atoms with E-state index >= 15 is 0 Å². The SMILES string of the molecule is CCOc1ccccc1OCCCC(=O)NCC(C)(C)c1ccc2c(c1)OCO2. The molecule has 29 heavy (non-hydrogen) atoms. The molecule has 0 saturated carbocycles. The van der Waals surface area contributed by atoms with Gasteiger partial charge < -0.3 is 24.3 Å². The average Bonchev–Trinajstić information content (AvgIpc) is 3.19. The maximum Gasteiger partial charge on any atom is 0.231 e. The molecule has 3 rings (SSSR count). The molecule has 6 nitrogen and oxygen atoms in total. The fraction of sp³-hybridized carbons (Fsp3) is 0.435. The van der Waals surface area contributed by atoms with Gasteiger partial charge in [-0.1, -0.05) is 32.0 Å². The largest absolute Gasteiger partial charge is 0.490 e. The monoisotopic (exact) mass is 399 g/mol. The second-order valence-corrected chi connectivity index (χ2v) is 7.56. The highest BCUT2D eigenvalue weighted by molar-refractivity contribution is 5.76. The number of hydrogen-bond donors (Lipinski definition) is 1. The molecular formula is C23H29NO5. The molecule has 1 heterocycles. The van der Waals surface area contributed by atoms with Crippen LogP contribution in [0.3, 0.4) is 0 Å². The molecule has 1 amide bonds. The quantitative estimate of drug-likeness (QED) is 0.610. The molecule has 1 N–H and O–H groups in total. The van der Waals surface area contributed by atoms with Crippen LogP contribution in [0, 0.1) is 0 Å². The highest BCUT2D eigenvalue weighted by Gasteiger charge is 2.24. The van der Waals surface area contributed by atoms with Gasteiger partial charge in [0.2, 0.25) is 12.7 Å². The Bertz CT molecular complexity index is 834. The summed E-state index contributed by atoms with van der Waals surface area (Å²) in [7, 11) is 0. The van der Waals surface area contributed by atoms with Crippen molar-refractivity contribution in [3.63, 3.8) is 0 Å². The third-order valence-electron chi connectivity index (χ3n) is 4.84. The standard InChI is InChI=1S/C23H29NO5/c1-4-26-18-8-5-6-9-19(18)27-13-7-10-22(25)24-15-23(2,3)17-11-12-20-21(14-17)29-16-28-20/h5-6,8-9,11-12,14H,4,7,10,13,15-16H2,1-3H3,(H,24,25). The lowest BCUT2D eigenvalue weighted by Gasteiger charge is -2.26. The van der Waals surface area contributed by atoms with Crippen molar-refractivity contribution in [3.05, 3.63) is 48.0 Å². The van der Waals surface area contributed by atoms with Gasteiger partial charge in [0.1, 0.15) is 0 Å². The fourth-order valence-corrected chi connectivity index (χ4v) is 3.09. The van der Waals surface area contributed by atoms with E-state index < -0.39 is 0 Å². The van der Waals surface area contributed by atoms with Crippen LogP contribution in [0.25, 0.3) is 0 Å². The van der Waals surface area contributed by atoms with E-state index in [-0.39, 0.29) is 18.1 Å². The van der Waals surface area contributed by atoms with Crippen molar-refractivity contribution in [3.8, 4) is 23.0 Å². The van der Waals surface area contributed by atoms with Crippen LogP contribution in [0.15, 0.2) is 42.5 Å². The normalized spacial score (nSPS) is 12.5. The maximum atomic E-state index is 12.3. The Morgan fingerprint density at radius 3 is 2.55 bits per heavy atom. The molecule has 0 radical (unpaired) electrons.